The number of likely N-dealkylation sites (tertiary alicyclic amines) is 1. The van der Waals surface area contributed by atoms with Crippen molar-refractivity contribution in [2.75, 3.05) is 24.5 Å². The van der Waals surface area contributed by atoms with E-state index >= 15 is 0 Å². The number of imide groups is 1. The Kier molecular flexibility index (Phi) is 5.57. The van der Waals surface area contributed by atoms with E-state index in [-0.39, 0.29) is 30.4 Å². The molecule has 0 unspecified atom stereocenters. The Morgan fingerprint density at radius 3 is 2.59 bits per heavy atom. The molecular formula is C20H23N5O3S. The maximum Gasteiger partial charge on any atom is 0.332 e. The molecule has 4 rings (SSSR count). The van der Waals surface area contributed by atoms with E-state index < -0.39 is 0 Å². The van der Waals surface area contributed by atoms with Crippen molar-refractivity contribution < 1.29 is 14.4 Å². The predicted molar refractivity (Wildman–Crippen MR) is 109 cm³/mol. The van der Waals surface area contributed by atoms with Gasteiger partial charge in [-0.1, -0.05) is 36.0 Å². The third-order valence-corrected chi connectivity index (χ3v) is 6.19. The van der Waals surface area contributed by atoms with E-state index in [9.17, 15) is 14.4 Å². The standard InChI is InChI=1S/C20H23N5O3S/c1-2-6-16-18(29-22-21-16)19(27)23-11-9-14(10-12-23)24-13-17(26)25(20(24)28)15-7-4-3-5-8-15/h3-5,7-8,14H,2,6,9-13H2,1H3. The summed E-state index contributed by atoms with van der Waals surface area (Å²) in [6.07, 6.45) is 2.97. The number of para-hydroxylation sites is 1. The van der Waals surface area contributed by atoms with Crippen LogP contribution in [0.25, 0.3) is 0 Å². The summed E-state index contributed by atoms with van der Waals surface area (Å²) in [6.45, 7) is 3.24. The molecule has 4 amide bonds. The van der Waals surface area contributed by atoms with Gasteiger partial charge in [-0.3, -0.25) is 9.59 Å². The molecule has 1 aromatic carbocycles. The number of aromatic nitrogens is 2. The minimum atomic E-state index is -0.275. The van der Waals surface area contributed by atoms with E-state index in [0.29, 0.717) is 36.5 Å². The first-order valence-corrected chi connectivity index (χ1v) is 10.7. The number of anilines is 1. The molecule has 8 nitrogen and oxygen atoms in total. The molecule has 2 aliphatic heterocycles. The topological polar surface area (TPSA) is 86.7 Å². The normalized spacial score (nSPS) is 18.0. The number of carbonyl (C=O) groups is 3. The van der Waals surface area contributed by atoms with Crippen molar-refractivity contribution in [2.24, 2.45) is 0 Å². The largest absolute Gasteiger partial charge is 0.338 e. The van der Waals surface area contributed by atoms with Crippen LogP contribution in [-0.2, 0) is 11.2 Å². The SMILES string of the molecule is CCCc1nnsc1C(=O)N1CCC(N2CC(=O)N(c3ccccc3)C2=O)CC1. The minimum absolute atomic E-state index is 0.0309. The summed E-state index contributed by atoms with van der Waals surface area (Å²) in [5, 5.41) is 4.08. The number of carbonyl (C=O) groups excluding carboxylic acids is 3. The zero-order chi connectivity index (χ0) is 20.4. The second kappa shape index (κ2) is 8.28. The van der Waals surface area contributed by atoms with Crippen LogP contribution in [0.4, 0.5) is 10.5 Å². The van der Waals surface area contributed by atoms with Crippen molar-refractivity contribution >= 4 is 35.1 Å². The molecular weight excluding hydrogens is 390 g/mol. The van der Waals surface area contributed by atoms with Crippen molar-refractivity contribution in [2.45, 2.75) is 38.6 Å². The highest BCUT2D eigenvalue weighted by Gasteiger charge is 2.42. The Hall–Kier alpha value is -2.81. The third-order valence-electron chi connectivity index (χ3n) is 5.44. The Morgan fingerprint density at radius 1 is 1.17 bits per heavy atom. The molecule has 29 heavy (non-hydrogen) atoms. The smallest absolute Gasteiger partial charge is 0.332 e. The lowest BCUT2D eigenvalue weighted by Gasteiger charge is -2.36. The van der Waals surface area contributed by atoms with Crippen LogP contribution in [0.5, 0.6) is 0 Å². The van der Waals surface area contributed by atoms with E-state index in [1.54, 1.807) is 17.0 Å². The number of hydrogen-bond donors (Lipinski definition) is 0. The van der Waals surface area contributed by atoms with Crippen LogP contribution in [0.2, 0.25) is 0 Å². The van der Waals surface area contributed by atoms with Crippen LogP contribution in [0.15, 0.2) is 30.3 Å². The van der Waals surface area contributed by atoms with Crippen LogP contribution in [0.3, 0.4) is 0 Å². The first kappa shape index (κ1) is 19.5. The van der Waals surface area contributed by atoms with Gasteiger partial charge in [0, 0.05) is 19.1 Å². The highest BCUT2D eigenvalue weighted by atomic mass is 32.1. The Morgan fingerprint density at radius 2 is 1.90 bits per heavy atom. The molecule has 0 spiro atoms. The molecule has 0 atom stereocenters. The monoisotopic (exact) mass is 413 g/mol. The van der Waals surface area contributed by atoms with Gasteiger partial charge in [-0.25, -0.2) is 9.69 Å². The molecule has 0 bridgehead atoms. The third kappa shape index (κ3) is 3.74. The zero-order valence-corrected chi connectivity index (χ0v) is 17.1. The van der Waals surface area contributed by atoms with E-state index in [1.807, 2.05) is 30.0 Å². The van der Waals surface area contributed by atoms with Gasteiger partial charge in [-0.15, -0.1) is 5.10 Å². The molecule has 3 heterocycles. The van der Waals surface area contributed by atoms with Crippen LogP contribution in [0.1, 0.15) is 41.6 Å². The molecule has 2 fully saturated rings. The quantitative estimate of drug-likeness (QED) is 0.703. The van der Waals surface area contributed by atoms with Crippen LogP contribution < -0.4 is 4.90 Å². The number of hydrogen-bond acceptors (Lipinski definition) is 6. The Balaban J connectivity index is 1.40. The average Bonchev–Trinajstić information content (AvgIpc) is 3.32. The first-order valence-electron chi connectivity index (χ1n) is 9.89. The second-order valence-corrected chi connectivity index (χ2v) is 8.05. The van der Waals surface area contributed by atoms with Gasteiger partial charge in [-0.2, -0.15) is 0 Å². The maximum atomic E-state index is 12.9. The fourth-order valence-electron chi connectivity index (χ4n) is 3.93. The number of urea groups is 1. The maximum absolute atomic E-state index is 12.9. The van der Waals surface area contributed by atoms with Gasteiger partial charge in [0.15, 0.2) is 0 Å². The van der Waals surface area contributed by atoms with E-state index in [4.69, 9.17) is 0 Å². The average molecular weight is 414 g/mol. The second-order valence-electron chi connectivity index (χ2n) is 7.30. The summed E-state index contributed by atoms with van der Waals surface area (Å²) in [5.41, 5.74) is 1.36. The summed E-state index contributed by atoms with van der Waals surface area (Å²) in [6, 6.07) is 8.67. The lowest BCUT2D eigenvalue weighted by atomic mass is 10.0. The van der Waals surface area contributed by atoms with Gasteiger partial charge < -0.3 is 9.80 Å². The number of rotatable bonds is 5. The number of nitrogens with zero attached hydrogens (tertiary/aromatic N) is 5. The summed E-state index contributed by atoms with van der Waals surface area (Å²) in [5.74, 6) is -0.240. The van der Waals surface area contributed by atoms with Crippen molar-refractivity contribution in [3.05, 3.63) is 40.9 Å². The van der Waals surface area contributed by atoms with Crippen LogP contribution in [-0.4, -0.2) is 62.9 Å². The van der Waals surface area contributed by atoms with Gasteiger partial charge in [-0.05, 0) is 42.9 Å². The van der Waals surface area contributed by atoms with Crippen LogP contribution >= 0.6 is 11.5 Å². The van der Waals surface area contributed by atoms with Crippen molar-refractivity contribution in [1.82, 2.24) is 19.4 Å². The molecule has 9 heteroatoms. The lowest BCUT2D eigenvalue weighted by Crippen LogP contribution is -2.48. The van der Waals surface area contributed by atoms with Gasteiger partial charge in [0.05, 0.1) is 11.4 Å². The number of benzene rings is 1. The Labute approximate surface area is 173 Å². The molecule has 2 aliphatic rings. The highest BCUT2D eigenvalue weighted by Crippen LogP contribution is 2.27. The molecule has 2 aromatic rings. The molecule has 0 N–H and O–H groups in total. The van der Waals surface area contributed by atoms with Gasteiger partial charge in [0.1, 0.15) is 11.4 Å². The summed E-state index contributed by atoms with van der Waals surface area (Å²) in [7, 11) is 0. The fraction of sp³-hybridized carbons (Fsp3) is 0.450. The van der Waals surface area contributed by atoms with Crippen molar-refractivity contribution in [3.63, 3.8) is 0 Å². The lowest BCUT2D eigenvalue weighted by molar-refractivity contribution is -0.116. The summed E-state index contributed by atoms with van der Waals surface area (Å²) >= 11 is 1.15. The van der Waals surface area contributed by atoms with Crippen LogP contribution in [0, 0.1) is 0 Å². The summed E-state index contributed by atoms with van der Waals surface area (Å²) < 4.78 is 3.94. The molecule has 0 radical (unpaired) electrons. The van der Waals surface area contributed by atoms with E-state index in [1.165, 1.54) is 4.90 Å². The van der Waals surface area contributed by atoms with Gasteiger partial charge >= 0.3 is 6.03 Å². The van der Waals surface area contributed by atoms with Gasteiger partial charge in [0.25, 0.3) is 11.8 Å². The highest BCUT2D eigenvalue weighted by molar-refractivity contribution is 7.08. The predicted octanol–water partition coefficient (Wildman–Crippen LogP) is 2.56. The van der Waals surface area contributed by atoms with Gasteiger partial charge in [0.2, 0.25) is 0 Å². The van der Waals surface area contributed by atoms with E-state index in [0.717, 1.165) is 30.1 Å². The summed E-state index contributed by atoms with van der Waals surface area (Å²) in [4.78, 5) is 43.5. The molecule has 152 valence electrons. The molecule has 1 aromatic heterocycles. The molecule has 0 saturated carbocycles. The first-order chi connectivity index (χ1) is 14.1. The fourth-order valence-corrected chi connectivity index (χ4v) is 4.61. The van der Waals surface area contributed by atoms with Crippen molar-refractivity contribution in [3.8, 4) is 0 Å². The number of piperidine rings is 1. The minimum Gasteiger partial charge on any atom is -0.338 e. The molecule has 0 aliphatic carbocycles. The number of aryl methyl sites for hydroxylation is 1. The number of amides is 4. The molecule has 2 saturated heterocycles. The zero-order valence-electron chi connectivity index (χ0n) is 16.3. The Bertz CT molecular complexity index is 908. The van der Waals surface area contributed by atoms with E-state index in [2.05, 4.69) is 9.59 Å². The van der Waals surface area contributed by atoms with Crippen molar-refractivity contribution in [1.29, 1.82) is 0 Å².